The van der Waals surface area contributed by atoms with Gasteiger partial charge in [0.1, 0.15) is 11.4 Å². The van der Waals surface area contributed by atoms with Gasteiger partial charge < -0.3 is 36.5 Å². The van der Waals surface area contributed by atoms with Gasteiger partial charge >= 0.3 is 11.8 Å². The van der Waals surface area contributed by atoms with E-state index in [2.05, 4.69) is 20.5 Å². The molecule has 6 N–H and O–H groups in total. The van der Waals surface area contributed by atoms with Gasteiger partial charge in [0.05, 0.1) is 22.0 Å². The van der Waals surface area contributed by atoms with E-state index in [1.807, 2.05) is 20.8 Å². The lowest BCUT2D eigenvalue weighted by atomic mass is 10.1. The number of aromatic nitrogens is 1. The van der Waals surface area contributed by atoms with Crippen LogP contribution in [0, 0.1) is 20.2 Å². The summed E-state index contributed by atoms with van der Waals surface area (Å²) >= 11 is 0. The number of hydrogen-bond acceptors (Lipinski definition) is 13. The van der Waals surface area contributed by atoms with E-state index in [4.69, 9.17) is 20.9 Å². The van der Waals surface area contributed by atoms with Gasteiger partial charge in [-0.3, -0.25) is 34.7 Å². The summed E-state index contributed by atoms with van der Waals surface area (Å²) in [5.74, 6) is -1.71. The van der Waals surface area contributed by atoms with Crippen LogP contribution in [0.1, 0.15) is 47.9 Å². The van der Waals surface area contributed by atoms with E-state index in [9.17, 15) is 34.6 Å². The fraction of sp³-hybridized carbons (Fsp3) is 0.448. The lowest BCUT2D eigenvalue weighted by molar-refractivity contribution is -0.384. The number of carbonyl (C=O) groups excluding carboxylic acids is 3. The number of pyridine rings is 1. The molecule has 1 aromatic heterocycles. The second kappa shape index (κ2) is 16.2. The van der Waals surface area contributed by atoms with Crippen LogP contribution < -0.4 is 26.8 Å². The van der Waals surface area contributed by atoms with Crippen molar-refractivity contribution in [1.29, 1.82) is 0 Å². The van der Waals surface area contributed by atoms with Crippen LogP contribution >= 0.6 is 0 Å². The van der Waals surface area contributed by atoms with Crippen LogP contribution in [0.25, 0.3) is 0 Å². The van der Waals surface area contributed by atoms with Crippen molar-refractivity contribution in [2.45, 2.75) is 32.8 Å². The lowest BCUT2D eigenvalue weighted by Crippen LogP contribution is -2.50. The van der Waals surface area contributed by atoms with Gasteiger partial charge in [-0.25, -0.2) is 9.78 Å². The van der Waals surface area contributed by atoms with Gasteiger partial charge in [-0.05, 0) is 33.3 Å². The SMILES string of the molecule is CC(C)(C)OC(=O)N1CCN(CCCOc2cc(C(N)=O)cc([N+](=O)[O-])c2NC/C=C/CNc2ncc(C(N)=O)cc2[N+](=O)[O-])CC1. The molecule has 3 rings (SSSR count). The first-order valence-electron chi connectivity index (χ1n) is 14.7. The Kier molecular flexibility index (Phi) is 12.4. The highest BCUT2D eigenvalue weighted by Gasteiger charge is 2.26. The Morgan fingerprint density at radius 1 is 0.936 bits per heavy atom. The third-order valence-corrected chi connectivity index (χ3v) is 6.76. The van der Waals surface area contributed by atoms with Crippen LogP contribution in [-0.2, 0) is 4.74 Å². The molecule has 18 heteroatoms. The molecule has 0 unspecified atom stereocenters. The molecule has 1 saturated heterocycles. The molecule has 0 saturated carbocycles. The van der Waals surface area contributed by atoms with Gasteiger partial charge in [-0.1, -0.05) is 12.2 Å². The van der Waals surface area contributed by atoms with Crippen molar-refractivity contribution >= 4 is 40.8 Å². The predicted molar refractivity (Wildman–Crippen MR) is 172 cm³/mol. The molecule has 0 spiro atoms. The molecule has 2 aromatic rings. The molecule has 254 valence electrons. The number of amides is 3. The Hall–Kier alpha value is -5.52. The maximum absolute atomic E-state index is 12.3. The summed E-state index contributed by atoms with van der Waals surface area (Å²) in [6, 6.07) is 3.42. The molecule has 1 fully saturated rings. The van der Waals surface area contributed by atoms with Crippen molar-refractivity contribution in [1.82, 2.24) is 14.8 Å². The number of anilines is 2. The number of carbonyl (C=O) groups is 3. The monoisotopic (exact) mass is 657 g/mol. The van der Waals surface area contributed by atoms with Crippen LogP contribution in [0.2, 0.25) is 0 Å². The number of nitrogens with zero attached hydrogens (tertiary/aromatic N) is 5. The van der Waals surface area contributed by atoms with Gasteiger partial charge in [0.25, 0.3) is 11.6 Å². The number of ether oxygens (including phenoxy) is 2. The first-order chi connectivity index (χ1) is 22.2. The van der Waals surface area contributed by atoms with Crippen LogP contribution in [0.3, 0.4) is 0 Å². The minimum Gasteiger partial charge on any atom is -0.491 e. The fourth-order valence-corrected chi connectivity index (χ4v) is 4.48. The molecule has 18 nitrogen and oxygen atoms in total. The van der Waals surface area contributed by atoms with E-state index in [1.54, 1.807) is 17.1 Å². The lowest BCUT2D eigenvalue weighted by Gasteiger charge is -2.35. The molecule has 1 aromatic carbocycles. The molecule has 0 atom stereocenters. The number of nitro benzene ring substituents is 1. The first kappa shape index (κ1) is 36.0. The van der Waals surface area contributed by atoms with Crippen LogP contribution in [0.5, 0.6) is 5.75 Å². The van der Waals surface area contributed by atoms with Gasteiger partial charge in [-0.15, -0.1) is 0 Å². The van der Waals surface area contributed by atoms with Crippen molar-refractivity contribution in [3.8, 4) is 5.75 Å². The molecule has 0 radical (unpaired) electrons. The van der Waals surface area contributed by atoms with Crippen molar-refractivity contribution in [3.05, 3.63) is 67.9 Å². The Bertz CT molecular complexity index is 1520. The largest absolute Gasteiger partial charge is 0.491 e. The Morgan fingerprint density at radius 2 is 1.53 bits per heavy atom. The fourth-order valence-electron chi connectivity index (χ4n) is 4.48. The predicted octanol–water partition coefficient (Wildman–Crippen LogP) is 2.50. The first-order valence-corrected chi connectivity index (χ1v) is 14.7. The van der Waals surface area contributed by atoms with E-state index < -0.39 is 38.6 Å². The molecule has 0 aliphatic carbocycles. The van der Waals surface area contributed by atoms with E-state index in [0.29, 0.717) is 39.1 Å². The summed E-state index contributed by atoms with van der Waals surface area (Å²) < 4.78 is 11.3. The van der Waals surface area contributed by atoms with E-state index >= 15 is 0 Å². The smallest absolute Gasteiger partial charge is 0.410 e. The number of rotatable bonds is 15. The second-order valence-corrected chi connectivity index (χ2v) is 11.4. The standard InChI is InChI=1S/C29H39N9O9/c1-29(2,3)47-28(41)36-12-10-35(11-13-36)9-6-14-46-23-17-19(25(30)39)15-21(37(42)43)24(23)32-7-4-5-8-33-27-22(38(44)45)16-20(18-34-27)26(31)40/h4-5,15-18,32H,6-14H2,1-3H3,(H2,30,39)(H2,31,40)(H,33,34)/b5-4+. The third-order valence-electron chi connectivity index (χ3n) is 6.76. The summed E-state index contributed by atoms with van der Waals surface area (Å²) in [6.07, 6.45) is 4.55. The Morgan fingerprint density at radius 3 is 2.11 bits per heavy atom. The average molecular weight is 658 g/mol. The van der Waals surface area contributed by atoms with Crippen molar-refractivity contribution in [2.24, 2.45) is 11.5 Å². The minimum absolute atomic E-state index is 0.0444. The van der Waals surface area contributed by atoms with E-state index in [1.165, 1.54) is 6.07 Å². The Labute approximate surface area is 270 Å². The molecule has 47 heavy (non-hydrogen) atoms. The summed E-state index contributed by atoms with van der Waals surface area (Å²) in [4.78, 5) is 65.1. The van der Waals surface area contributed by atoms with E-state index in [0.717, 1.165) is 18.3 Å². The third kappa shape index (κ3) is 10.8. The molecular formula is C29H39N9O9. The van der Waals surface area contributed by atoms with Crippen LogP contribution in [0.4, 0.5) is 27.7 Å². The molecule has 1 aliphatic heterocycles. The number of benzene rings is 1. The maximum atomic E-state index is 12.3. The highest BCUT2D eigenvalue weighted by Crippen LogP contribution is 2.36. The molecule has 1 aliphatic rings. The maximum Gasteiger partial charge on any atom is 0.410 e. The number of hydrogen-bond donors (Lipinski definition) is 4. The second-order valence-electron chi connectivity index (χ2n) is 11.4. The quantitative estimate of drug-likeness (QED) is 0.0931. The minimum atomic E-state index is -0.857. The molecular weight excluding hydrogens is 618 g/mol. The highest BCUT2D eigenvalue weighted by molar-refractivity contribution is 5.96. The normalized spacial score (nSPS) is 13.6. The number of primary amides is 2. The summed E-state index contributed by atoms with van der Waals surface area (Å²) in [5.41, 5.74) is 9.01. The van der Waals surface area contributed by atoms with Crippen molar-refractivity contribution in [3.63, 3.8) is 0 Å². The van der Waals surface area contributed by atoms with Crippen LogP contribution in [-0.4, -0.2) is 101 Å². The van der Waals surface area contributed by atoms with Crippen molar-refractivity contribution < 1.29 is 33.7 Å². The molecule has 2 heterocycles. The van der Waals surface area contributed by atoms with Gasteiger partial charge in [0, 0.05) is 69.7 Å². The van der Waals surface area contributed by atoms with Gasteiger partial charge in [-0.2, -0.15) is 0 Å². The summed E-state index contributed by atoms with van der Waals surface area (Å²) in [7, 11) is 0. The summed E-state index contributed by atoms with van der Waals surface area (Å²) in [5, 5.41) is 28.9. The van der Waals surface area contributed by atoms with Gasteiger partial charge in [0.15, 0.2) is 5.69 Å². The number of nitro groups is 2. The zero-order chi connectivity index (χ0) is 34.7. The van der Waals surface area contributed by atoms with Crippen LogP contribution in [0.15, 0.2) is 36.5 Å². The number of nitrogens with two attached hydrogens (primary N) is 2. The molecule has 0 bridgehead atoms. The number of nitrogens with one attached hydrogen (secondary N) is 2. The van der Waals surface area contributed by atoms with E-state index in [-0.39, 0.29) is 54.2 Å². The summed E-state index contributed by atoms with van der Waals surface area (Å²) in [6.45, 7) is 8.82. The Balaban J connectivity index is 1.58. The van der Waals surface area contributed by atoms with Gasteiger partial charge in [0.2, 0.25) is 11.7 Å². The zero-order valence-electron chi connectivity index (χ0n) is 26.4. The number of piperazine rings is 1. The van der Waals surface area contributed by atoms with Crippen molar-refractivity contribution in [2.75, 3.05) is 63.1 Å². The molecule has 3 amide bonds. The topological polar surface area (TPSA) is 251 Å². The average Bonchev–Trinajstić information content (AvgIpc) is 3.00. The zero-order valence-corrected chi connectivity index (χ0v) is 26.4. The highest BCUT2D eigenvalue weighted by atomic mass is 16.6.